The molecule has 1 aliphatic rings. The van der Waals surface area contributed by atoms with E-state index in [0.717, 1.165) is 17.1 Å². The quantitative estimate of drug-likeness (QED) is 0.659. The van der Waals surface area contributed by atoms with Crippen molar-refractivity contribution in [2.75, 3.05) is 7.11 Å². The van der Waals surface area contributed by atoms with Gasteiger partial charge in [-0.2, -0.15) is 13.2 Å². The third-order valence-corrected chi connectivity index (χ3v) is 5.79. The number of halogens is 3. The predicted octanol–water partition coefficient (Wildman–Crippen LogP) is 4.93. The number of rotatable bonds is 5. The first-order valence-electron chi connectivity index (χ1n) is 9.57. The summed E-state index contributed by atoms with van der Waals surface area (Å²) in [5, 5.41) is 0. The number of methoxy groups -OCH3 is 1. The summed E-state index contributed by atoms with van der Waals surface area (Å²) in [5.74, 6) is 0. The van der Waals surface area contributed by atoms with E-state index in [1.807, 2.05) is 52.0 Å². The van der Waals surface area contributed by atoms with Gasteiger partial charge in [0.1, 0.15) is 0 Å². The van der Waals surface area contributed by atoms with Crippen LogP contribution in [-0.4, -0.2) is 25.4 Å². The highest BCUT2D eigenvalue weighted by molar-refractivity contribution is 6.62. The molecule has 3 nitrogen and oxygen atoms in total. The number of hydrogen-bond donors (Lipinski definition) is 0. The predicted molar refractivity (Wildman–Crippen MR) is 107 cm³/mol. The standard InChI is InChI=1S/C22H26BF3O3/c1-20(2)21(3,4)29-23(28-20)18-11-9-16(10-12-18)19(27-5)14-15-7-6-8-17(13-15)22(24,25)26/h6-13,19H,14H2,1-5H3. The van der Waals surface area contributed by atoms with Gasteiger partial charge in [-0.3, -0.25) is 0 Å². The van der Waals surface area contributed by atoms with Crippen molar-refractivity contribution in [3.8, 4) is 0 Å². The lowest BCUT2D eigenvalue weighted by Gasteiger charge is -2.32. The van der Waals surface area contributed by atoms with Crippen molar-refractivity contribution in [1.29, 1.82) is 0 Å². The van der Waals surface area contributed by atoms with Crippen molar-refractivity contribution in [3.05, 3.63) is 65.2 Å². The Kier molecular flexibility index (Phi) is 5.87. The van der Waals surface area contributed by atoms with Crippen molar-refractivity contribution in [3.63, 3.8) is 0 Å². The van der Waals surface area contributed by atoms with Gasteiger partial charge in [-0.05, 0) is 50.4 Å². The molecule has 156 valence electrons. The average molecular weight is 406 g/mol. The molecule has 2 aromatic rings. The first kappa shape index (κ1) is 21.9. The summed E-state index contributed by atoms with van der Waals surface area (Å²) >= 11 is 0. The highest BCUT2D eigenvalue weighted by atomic mass is 19.4. The summed E-state index contributed by atoms with van der Waals surface area (Å²) in [6, 6.07) is 13.0. The molecule has 1 saturated heterocycles. The minimum Gasteiger partial charge on any atom is -0.399 e. The second-order valence-corrected chi connectivity index (χ2v) is 8.38. The van der Waals surface area contributed by atoms with Crippen molar-refractivity contribution in [2.45, 2.75) is 57.6 Å². The SMILES string of the molecule is COC(Cc1cccc(C(F)(F)F)c1)c1ccc(B2OC(C)(C)C(C)(C)O2)cc1. The molecule has 0 bridgehead atoms. The van der Waals surface area contributed by atoms with Crippen molar-refractivity contribution >= 4 is 12.6 Å². The van der Waals surface area contributed by atoms with Gasteiger partial charge in [0.05, 0.1) is 22.9 Å². The van der Waals surface area contributed by atoms with E-state index in [1.165, 1.54) is 12.1 Å². The molecule has 7 heteroatoms. The normalized spacial score (nSPS) is 19.4. The summed E-state index contributed by atoms with van der Waals surface area (Å²) < 4.78 is 56.5. The van der Waals surface area contributed by atoms with Gasteiger partial charge in [-0.15, -0.1) is 0 Å². The van der Waals surface area contributed by atoms with E-state index < -0.39 is 30.1 Å². The van der Waals surface area contributed by atoms with E-state index in [4.69, 9.17) is 14.0 Å². The van der Waals surface area contributed by atoms with Crippen LogP contribution in [0.1, 0.15) is 50.5 Å². The minimum absolute atomic E-state index is 0.344. The molecule has 0 aromatic heterocycles. The molecule has 3 rings (SSSR count). The Morgan fingerprint density at radius 2 is 1.55 bits per heavy atom. The second kappa shape index (κ2) is 7.78. The molecule has 0 radical (unpaired) electrons. The number of ether oxygens (including phenoxy) is 1. The maximum Gasteiger partial charge on any atom is 0.494 e. The maximum absolute atomic E-state index is 13.0. The molecule has 2 aromatic carbocycles. The number of alkyl halides is 3. The van der Waals surface area contributed by atoms with Gasteiger partial charge in [-0.1, -0.05) is 42.5 Å². The second-order valence-electron chi connectivity index (χ2n) is 8.38. The third kappa shape index (κ3) is 4.68. The summed E-state index contributed by atoms with van der Waals surface area (Å²) in [6.45, 7) is 7.99. The van der Waals surface area contributed by atoms with Crippen LogP contribution in [0, 0.1) is 0 Å². The molecule has 0 amide bonds. The van der Waals surface area contributed by atoms with Crippen LogP contribution in [0.4, 0.5) is 13.2 Å². The Morgan fingerprint density at radius 1 is 0.966 bits per heavy atom. The Balaban J connectivity index is 1.75. The topological polar surface area (TPSA) is 27.7 Å². The number of hydrogen-bond acceptors (Lipinski definition) is 3. The molecular weight excluding hydrogens is 380 g/mol. The highest BCUT2D eigenvalue weighted by Gasteiger charge is 2.51. The molecule has 29 heavy (non-hydrogen) atoms. The van der Waals surface area contributed by atoms with E-state index in [1.54, 1.807) is 13.2 Å². The Labute approximate surface area is 170 Å². The van der Waals surface area contributed by atoms with Crippen LogP contribution >= 0.6 is 0 Å². The summed E-state index contributed by atoms with van der Waals surface area (Å²) in [4.78, 5) is 0. The van der Waals surface area contributed by atoms with Gasteiger partial charge >= 0.3 is 13.3 Å². The molecule has 1 fully saturated rings. The fourth-order valence-electron chi connectivity index (χ4n) is 3.27. The molecule has 0 saturated carbocycles. The van der Waals surface area contributed by atoms with Crippen LogP contribution < -0.4 is 5.46 Å². The first-order valence-corrected chi connectivity index (χ1v) is 9.57. The first-order chi connectivity index (χ1) is 13.4. The lowest BCUT2D eigenvalue weighted by Crippen LogP contribution is -2.41. The van der Waals surface area contributed by atoms with E-state index in [-0.39, 0.29) is 6.10 Å². The Bertz CT molecular complexity index is 831. The summed E-state index contributed by atoms with van der Waals surface area (Å²) in [6.07, 6.45) is -4.37. The van der Waals surface area contributed by atoms with Crippen LogP contribution in [0.3, 0.4) is 0 Å². The Hall–Kier alpha value is -1.83. The van der Waals surface area contributed by atoms with Gasteiger partial charge in [0.25, 0.3) is 0 Å². The van der Waals surface area contributed by atoms with Crippen LogP contribution in [0.5, 0.6) is 0 Å². The van der Waals surface area contributed by atoms with Crippen LogP contribution in [0.2, 0.25) is 0 Å². The molecule has 0 N–H and O–H groups in total. The van der Waals surface area contributed by atoms with Gasteiger partial charge < -0.3 is 14.0 Å². The van der Waals surface area contributed by atoms with Gasteiger partial charge in [-0.25, -0.2) is 0 Å². The maximum atomic E-state index is 13.0. The summed E-state index contributed by atoms with van der Waals surface area (Å²) in [7, 11) is 1.10. The Morgan fingerprint density at radius 3 is 2.07 bits per heavy atom. The molecule has 1 heterocycles. The molecule has 1 unspecified atom stereocenters. The lowest BCUT2D eigenvalue weighted by atomic mass is 9.78. The molecular formula is C22H26BF3O3. The largest absolute Gasteiger partial charge is 0.494 e. The van der Waals surface area contributed by atoms with E-state index in [2.05, 4.69) is 0 Å². The zero-order chi connectivity index (χ0) is 21.4. The fourth-order valence-corrected chi connectivity index (χ4v) is 3.27. The zero-order valence-corrected chi connectivity index (χ0v) is 17.3. The van der Waals surface area contributed by atoms with Crippen LogP contribution in [-0.2, 0) is 26.6 Å². The molecule has 0 aliphatic carbocycles. The van der Waals surface area contributed by atoms with Crippen molar-refractivity contribution in [1.82, 2.24) is 0 Å². The van der Waals surface area contributed by atoms with Gasteiger partial charge in [0.2, 0.25) is 0 Å². The van der Waals surface area contributed by atoms with Crippen molar-refractivity contribution in [2.24, 2.45) is 0 Å². The summed E-state index contributed by atoms with van der Waals surface area (Å²) in [5.41, 5.74) is 0.846. The zero-order valence-electron chi connectivity index (χ0n) is 17.3. The average Bonchev–Trinajstić information content (AvgIpc) is 2.87. The molecule has 1 atom stereocenters. The van der Waals surface area contributed by atoms with E-state index in [0.29, 0.717) is 12.0 Å². The van der Waals surface area contributed by atoms with Gasteiger partial charge in [0, 0.05) is 13.5 Å². The monoisotopic (exact) mass is 406 g/mol. The van der Waals surface area contributed by atoms with Crippen molar-refractivity contribution < 1.29 is 27.2 Å². The molecule has 1 aliphatic heterocycles. The number of benzene rings is 2. The van der Waals surface area contributed by atoms with E-state index in [9.17, 15) is 13.2 Å². The van der Waals surface area contributed by atoms with Crippen LogP contribution in [0.25, 0.3) is 0 Å². The van der Waals surface area contributed by atoms with E-state index >= 15 is 0 Å². The smallest absolute Gasteiger partial charge is 0.399 e. The fraction of sp³-hybridized carbons (Fsp3) is 0.455. The molecule has 0 spiro atoms. The highest BCUT2D eigenvalue weighted by Crippen LogP contribution is 2.36. The minimum atomic E-state index is -4.36. The van der Waals surface area contributed by atoms with Crippen LogP contribution in [0.15, 0.2) is 48.5 Å². The lowest BCUT2D eigenvalue weighted by molar-refractivity contribution is -0.137. The van der Waals surface area contributed by atoms with Gasteiger partial charge in [0.15, 0.2) is 0 Å². The third-order valence-electron chi connectivity index (χ3n) is 5.79.